The van der Waals surface area contributed by atoms with E-state index in [4.69, 9.17) is 14.7 Å². The number of ether oxygens (including phenoxy) is 2. The number of aliphatic hydroxyl groups is 1. The van der Waals surface area contributed by atoms with Gasteiger partial charge in [-0.25, -0.2) is 13.4 Å². The monoisotopic (exact) mass is 473 g/mol. The molecule has 1 heterocycles. The van der Waals surface area contributed by atoms with Crippen LogP contribution in [0.3, 0.4) is 0 Å². The number of anilines is 1. The van der Waals surface area contributed by atoms with E-state index in [1.54, 1.807) is 13.0 Å². The number of rotatable bonds is 8. The molecule has 0 aliphatic rings. The minimum Gasteiger partial charge on any atom is -0.488 e. The molecule has 32 heavy (non-hydrogen) atoms. The van der Waals surface area contributed by atoms with Crippen molar-refractivity contribution in [3.8, 4) is 23.3 Å². The van der Waals surface area contributed by atoms with Gasteiger partial charge in [-0.15, -0.1) is 11.3 Å². The Morgan fingerprint density at radius 2 is 1.91 bits per heavy atom. The fourth-order valence-electron chi connectivity index (χ4n) is 2.54. The van der Waals surface area contributed by atoms with Gasteiger partial charge in [0.05, 0.1) is 11.5 Å². The molecule has 9 nitrogen and oxygen atoms in total. The number of nitrogens with zero attached hydrogens (tertiary/aromatic N) is 2. The lowest BCUT2D eigenvalue weighted by Gasteiger charge is -2.15. The van der Waals surface area contributed by atoms with Crippen LogP contribution in [0, 0.1) is 11.3 Å². The Morgan fingerprint density at radius 3 is 2.50 bits per heavy atom. The molecule has 2 aromatic carbocycles. The molecule has 0 radical (unpaired) electrons. The van der Waals surface area contributed by atoms with E-state index in [1.807, 2.05) is 6.07 Å². The van der Waals surface area contributed by atoms with E-state index in [1.165, 1.54) is 41.8 Å². The highest BCUT2D eigenvalue weighted by atomic mass is 32.2. The average molecular weight is 474 g/mol. The van der Waals surface area contributed by atoms with Gasteiger partial charge < -0.3 is 14.6 Å². The van der Waals surface area contributed by atoms with Crippen molar-refractivity contribution >= 4 is 32.2 Å². The molecule has 0 aliphatic carbocycles. The van der Waals surface area contributed by atoms with Crippen molar-refractivity contribution in [3.05, 3.63) is 59.1 Å². The van der Waals surface area contributed by atoms with Crippen LogP contribution in [-0.4, -0.2) is 43.4 Å². The molecule has 0 saturated heterocycles. The molecule has 2 N–H and O–H groups in total. The van der Waals surface area contributed by atoms with E-state index in [9.17, 15) is 18.3 Å². The second-order valence-electron chi connectivity index (χ2n) is 6.75. The smallest absolute Gasteiger partial charge is 0.257 e. The molecule has 3 aromatic rings. The SMILES string of the molecule is CC(CO)Oc1cc(Oc2ccc(S(C)(=O)=O)cc2)cc(C(=O)Nc2nc(C#N)cs2)c1. The van der Waals surface area contributed by atoms with Gasteiger partial charge in [0.2, 0.25) is 0 Å². The summed E-state index contributed by atoms with van der Waals surface area (Å²) in [4.78, 5) is 16.9. The van der Waals surface area contributed by atoms with Crippen LogP contribution in [0.5, 0.6) is 17.2 Å². The Labute approximate surface area is 188 Å². The summed E-state index contributed by atoms with van der Waals surface area (Å²) in [6.07, 6.45) is 0.589. The largest absolute Gasteiger partial charge is 0.488 e. The van der Waals surface area contributed by atoms with Crippen molar-refractivity contribution in [2.75, 3.05) is 18.2 Å². The third-order valence-electron chi connectivity index (χ3n) is 4.06. The maximum absolute atomic E-state index is 12.7. The van der Waals surface area contributed by atoms with E-state index in [0.29, 0.717) is 11.5 Å². The highest BCUT2D eigenvalue weighted by Gasteiger charge is 2.15. The summed E-state index contributed by atoms with van der Waals surface area (Å²) in [6.45, 7) is 1.44. The van der Waals surface area contributed by atoms with Crippen molar-refractivity contribution in [2.45, 2.75) is 17.9 Å². The van der Waals surface area contributed by atoms with E-state index in [-0.39, 0.29) is 33.6 Å². The topological polar surface area (TPSA) is 139 Å². The van der Waals surface area contributed by atoms with Crippen molar-refractivity contribution in [3.63, 3.8) is 0 Å². The van der Waals surface area contributed by atoms with Crippen LogP contribution in [0.4, 0.5) is 5.13 Å². The number of nitriles is 1. The van der Waals surface area contributed by atoms with Gasteiger partial charge in [-0.05, 0) is 43.3 Å². The number of nitrogens with one attached hydrogen (secondary N) is 1. The maximum atomic E-state index is 12.7. The van der Waals surface area contributed by atoms with Gasteiger partial charge in [0.1, 0.15) is 29.4 Å². The van der Waals surface area contributed by atoms with E-state index in [2.05, 4.69) is 10.3 Å². The first-order chi connectivity index (χ1) is 15.2. The molecule has 11 heteroatoms. The number of hydrogen-bond acceptors (Lipinski definition) is 9. The molecule has 0 spiro atoms. The number of amides is 1. The number of carbonyl (C=O) groups is 1. The quantitative estimate of drug-likeness (QED) is 0.508. The zero-order valence-electron chi connectivity index (χ0n) is 17.1. The zero-order valence-corrected chi connectivity index (χ0v) is 18.7. The Morgan fingerprint density at radius 1 is 1.22 bits per heavy atom. The van der Waals surface area contributed by atoms with Crippen LogP contribution < -0.4 is 14.8 Å². The molecule has 0 fully saturated rings. The minimum atomic E-state index is -3.34. The lowest BCUT2D eigenvalue weighted by atomic mass is 10.2. The Bertz CT molecular complexity index is 1260. The summed E-state index contributed by atoms with van der Waals surface area (Å²) in [7, 11) is -3.34. The van der Waals surface area contributed by atoms with Crippen LogP contribution in [-0.2, 0) is 9.84 Å². The molecule has 0 aliphatic heterocycles. The van der Waals surface area contributed by atoms with E-state index in [0.717, 1.165) is 17.6 Å². The van der Waals surface area contributed by atoms with Crippen LogP contribution in [0.2, 0.25) is 0 Å². The lowest BCUT2D eigenvalue weighted by molar-refractivity contribution is 0.102. The lowest BCUT2D eigenvalue weighted by Crippen LogP contribution is -2.17. The van der Waals surface area contributed by atoms with Crippen molar-refractivity contribution in [1.82, 2.24) is 4.98 Å². The maximum Gasteiger partial charge on any atom is 0.257 e. The van der Waals surface area contributed by atoms with E-state index < -0.39 is 21.8 Å². The van der Waals surface area contributed by atoms with Gasteiger partial charge in [0, 0.05) is 23.3 Å². The fourth-order valence-corrected chi connectivity index (χ4v) is 3.80. The summed E-state index contributed by atoms with van der Waals surface area (Å²) >= 11 is 1.12. The summed E-state index contributed by atoms with van der Waals surface area (Å²) in [5.41, 5.74) is 0.393. The number of sulfone groups is 1. The first-order valence-corrected chi connectivity index (χ1v) is 12.0. The predicted octanol–water partition coefficient (Wildman–Crippen LogP) is 3.22. The third-order valence-corrected chi connectivity index (χ3v) is 5.95. The molecule has 1 aromatic heterocycles. The highest BCUT2D eigenvalue weighted by molar-refractivity contribution is 7.90. The first-order valence-electron chi connectivity index (χ1n) is 9.25. The molecule has 3 rings (SSSR count). The number of carbonyl (C=O) groups excluding carboxylic acids is 1. The van der Waals surface area contributed by atoms with Gasteiger partial charge in [0.15, 0.2) is 20.7 Å². The first kappa shape index (κ1) is 23.2. The third kappa shape index (κ3) is 6.04. The Hall–Kier alpha value is -3.46. The van der Waals surface area contributed by atoms with Crippen LogP contribution in [0.1, 0.15) is 23.0 Å². The second-order valence-corrected chi connectivity index (χ2v) is 9.63. The zero-order chi connectivity index (χ0) is 23.3. The Balaban J connectivity index is 1.88. The van der Waals surface area contributed by atoms with Crippen LogP contribution in [0.15, 0.2) is 52.7 Å². The number of aromatic nitrogens is 1. The summed E-state index contributed by atoms with van der Waals surface area (Å²) < 4.78 is 34.7. The number of benzene rings is 2. The van der Waals surface area contributed by atoms with Crippen molar-refractivity contribution in [2.24, 2.45) is 0 Å². The summed E-state index contributed by atoms with van der Waals surface area (Å²) in [5, 5.41) is 22.5. The summed E-state index contributed by atoms with van der Waals surface area (Å²) in [6, 6.07) is 12.2. The van der Waals surface area contributed by atoms with Gasteiger partial charge >= 0.3 is 0 Å². The van der Waals surface area contributed by atoms with Gasteiger partial charge in [-0.1, -0.05) is 0 Å². The minimum absolute atomic E-state index is 0.152. The van der Waals surface area contributed by atoms with Crippen molar-refractivity contribution < 1.29 is 27.8 Å². The van der Waals surface area contributed by atoms with Gasteiger partial charge in [-0.3, -0.25) is 10.1 Å². The van der Waals surface area contributed by atoms with Gasteiger partial charge in [-0.2, -0.15) is 5.26 Å². The molecule has 1 atom stereocenters. The van der Waals surface area contributed by atoms with Gasteiger partial charge in [0.25, 0.3) is 5.91 Å². The normalized spacial score (nSPS) is 11.9. The van der Waals surface area contributed by atoms with Crippen molar-refractivity contribution in [1.29, 1.82) is 5.26 Å². The van der Waals surface area contributed by atoms with Crippen LogP contribution >= 0.6 is 11.3 Å². The molecule has 0 bridgehead atoms. The molecule has 0 saturated carbocycles. The summed E-state index contributed by atoms with van der Waals surface area (Å²) in [5.74, 6) is 0.415. The average Bonchev–Trinajstić information content (AvgIpc) is 3.20. The number of hydrogen-bond donors (Lipinski definition) is 2. The molecular weight excluding hydrogens is 454 g/mol. The number of thiazole rings is 1. The standard InChI is InChI=1S/C21H19N3O6S2/c1-13(11-25)29-17-7-14(20(26)24-21-23-15(10-22)12-31-21)8-18(9-17)30-16-3-5-19(6-4-16)32(2,27)28/h3-9,12-13,25H,11H2,1-2H3,(H,23,24,26). The molecule has 1 amide bonds. The van der Waals surface area contributed by atoms with Crippen LogP contribution in [0.25, 0.3) is 0 Å². The highest BCUT2D eigenvalue weighted by Crippen LogP contribution is 2.29. The molecular formula is C21H19N3O6S2. The fraction of sp³-hybridized carbons (Fsp3) is 0.190. The molecule has 1 unspecified atom stereocenters. The predicted molar refractivity (Wildman–Crippen MR) is 118 cm³/mol. The Kier molecular flexibility index (Phi) is 7.09. The van der Waals surface area contributed by atoms with E-state index >= 15 is 0 Å². The second kappa shape index (κ2) is 9.78. The molecule has 166 valence electrons. The number of aliphatic hydroxyl groups excluding tert-OH is 1.